The van der Waals surface area contributed by atoms with Crippen LogP contribution in [0.25, 0.3) is 0 Å². The minimum atomic E-state index is -3.31. The summed E-state index contributed by atoms with van der Waals surface area (Å²) in [5, 5.41) is 0. The molecule has 0 fully saturated rings. The molecule has 26 heavy (non-hydrogen) atoms. The average Bonchev–Trinajstić information content (AvgIpc) is 2.59. The van der Waals surface area contributed by atoms with Crippen LogP contribution in [-0.4, -0.2) is 32.2 Å². The van der Waals surface area contributed by atoms with Gasteiger partial charge < -0.3 is 0 Å². The van der Waals surface area contributed by atoms with Gasteiger partial charge in [-0.05, 0) is 36.8 Å². The van der Waals surface area contributed by atoms with Crippen LogP contribution in [-0.2, 0) is 20.4 Å². The van der Waals surface area contributed by atoms with E-state index in [1.807, 2.05) is 25.1 Å². The molecule has 8 heteroatoms. The van der Waals surface area contributed by atoms with E-state index in [0.717, 1.165) is 11.8 Å². The number of carbonyl (C=O) groups excluding carboxylic acids is 2. The summed E-state index contributed by atoms with van der Waals surface area (Å²) in [6.45, 7) is 2.01. The Morgan fingerprint density at radius 1 is 1.04 bits per heavy atom. The number of rotatable bonds is 6. The number of aryl methyl sites for hydroxylation is 1. The van der Waals surface area contributed by atoms with Crippen LogP contribution >= 0.6 is 11.8 Å². The number of sulfone groups is 1. The Morgan fingerprint density at radius 3 is 2.35 bits per heavy atom. The number of hydrogen-bond acceptors (Lipinski definition) is 5. The zero-order valence-electron chi connectivity index (χ0n) is 14.5. The fourth-order valence-corrected chi connectivity index (χ4v) is 3.56. The standard InChI is InChI=1S/C18H20N2O4S2/c1-13-4-3-5-14(10-13)11-25-12-17(21)19-20-18(22)15-6-8-16(9-7-15)26(2,23)24/h3-10H,11-12H2,1-2H3,(H,19,21)(H,20,22). The van der Waals surface area contributed by atoms with Gasteiger partial charge in [0.25, 0.3) is 5.91 Å². The van der Waals surface area contributed by atoms with Gasteiger partial charge in [-0.25, -0.2) is 8.42 Å². The molecule has 0 bridgehead atoms. The minimum Gasteiger partial charge on any atom is -0.272 e. The lowest BCUT2D eigenvalue weighted by atomic mass is 10.2. The Balaban J connectivity index is 1.77. The number of benzene rings is 2. The largest absolute Gasteiger partial charge is 0.272 e. The molecule has 2 amide bonds. The first-order chi connectivity index (χ1) is 12.3. The lowest BCUT2D eigenvalue weighted by Gasteiger charge is -2.08. The molecule has 6 nitrogen and oxygen atoms in total. The van der Waals surface area contributed by atoms with Crippen LogP contribution in [0.1, 0.15) is 21.5 Å². The minimum absolute atomic E-state index is 0.130. The number of nitrogens with one attached hydrogen (secondary N) is 2. The number of hydrogen-bond donors (Lipinski definition) is 2. The second-order valence-corrected chi connectivity index (χ2v) is 8.78. The van der Waals surface area contributed by atoms with E-state index >= 15 is 0 Å². The first-order valence-electron chi connectivity index (χ1n) is 7.78. The quantitative estimate of drug-likeness (QED) is 0.735. The fourth-order valence-electron chi connectivity index (χ4n) is 2.15. The maximum Gasteiger partial charge on any atom is 0.269 e. The highest BCUT2D eigenvalue weighted by molar-refractivity contribution is 7.99. The van der Waals surface area contributed by atoms with E-state index < -0.39 is 15.7 Å². The zero-order valence-corrected chi connectivity index (χ0v) is 16.1. The van der Waals surface area contributed by atoms with Crippen molar-refractivity contribution in [2.45, 2.75) is 17.6 Å². The molecule has 0 aliphatic heterocycles. The van der Waals surface area contributed by atoms with Crippen molar-refractivity contribution in [1.82, 2.24) is 10.9 Å². The number of amides is 2. The lowest BCUT2D eigenvalue weighted by molar-refractivity contribution is -0.119. The third-order valence-electron chi connectivity index (χ3n) is 3.44. The predicted octanol–water partition coefficient (Wildman–Crippen LogP) is 2.09. The van der Waals surface area contributed by atoms with Gasteiger partial charge in [0.15, 0.2) is 9.84 Å². The van der Waals surface area contributed by atoms with Crippen LogP contribution in [0.3, 0.4) is 0 Å². The zero-order chi connectivity index (χ0) is 19.2. The summed E-state index contributed by atoms with van der Waals surface area (Å²) in [4.78, 5) is 23.9. The van der Waals surface area contributed by atoms with Gasteiger partial charge in [0.1, 0.15) is 0 Å². The molecule has 0 spiro atoms. The van der Waals surface area contributed by atoms with Crippen molar-refractivity contribution in [2.75, 3.05) is 12.0 Å². The van der Waals surface area contributed by atoms with Gasteiger partial charge in [-0.15, -0.1) is 11.8 Å². The molecule has 2 aromatic carbocycles. The highest BCUT2D eigenvalue weighted by Crippen LogP contribution is 2.13. The first kappa shape index (κ1) is 20.0. The van der Waals surface area contributed by atoms with Gasteiger partial charge >= 0.3 is 0 Å². The van der Waals surface area contributed by atoms with Crippen LogP contribution in [0.15, 0.2) is 53.4 Å². The Morgan fingerprint density at radius 2 is 1.73 bits per heavy atom. The first-order valence-corrected chi connectivity index (χ1v) is 10.8. The molecule has 0 heterocycles. The molecule has 0 atom stereocenters. The van der Waals surface area contributed by atoms with Crippen molar-refractivity contribution in [2.24, 2.45) is 0 Å². The van der Waals surface area contributed by atoms with Crippen LogP contribution < -0.4 is 10.9 Å². The molecule has 0 radical (unpaired) electrons. The van der Waals surface area contributed by atoms with Gasteiger partial charge in [-0.1, -0.05) is 29.8 Å². The molecular weight excluding hydrogens is 372 g/mol. The summed E-state index contributed by atoms with van der Waals surface area (Å²) in [6.07, 6.45) is 1.09. The van der Waals surface area contributed by atoms with Crippen molar-refractivity contribution < 1.29 is 18.0 Å². The predicted molar refractivity (Wildman–Crippen MR) is 103 cm³/mol. The molecule has 0 aliphatic carbocycles. The van der Waals surface area contributed by atoms with Crippen molar-refractivity contribution >= 4 is 33.4 Å². The van der Waals surface area contributed by atoms with Crippen molar-refractivity contribution in [3.05, 3.63) is 65.2 Å². The molecule has 2 N–H and O–H groups in total. The maximum atomic E-state index is 12.0. The van der Waals surface area contributed by atoms with Gasteiger partial charge in [-0.3, -0.25) is 20.4 Å². The Kier molecular flexibility index (Phi) is 6.82. The Bertz CT molecular complexity index is 894. The molecule has 0 aromatic heterocycles. The third-order valence-corrected chi connectivity index (χ3v) is 5.58. The summed E-state index contributed by atoms with van der Waals surface area (Å²) in [5.74, 6) is 0.0860. The highest BCUT2D eigenvalue weighted by Gasteiger charge is 2.10. The van der Waals surface area contributed by atoms with E-state index in [0.29, 0.717) is 5.75 Å². The summed E-state index contributed by atoms with van der Waals surface area (Å²) in [7, 11) is -3.31. The van der Waals surface area contributed by atoms with E-state index in [1.165, 1.54) is 41.6 Å². The third kappa shape index (κ3) is 6.20. The number of carbonyl (C=O) groups is 2. The van der Waals surface area contributed by atoms with Crippen LogP contribution in [0, 0.1) is 6.92 Å². The fraction of sp³-hybridized carbons (Fsp3) is 0.222. The van der Waals surface area contributed by atoms with E-state index in [4.69, 9.17) is 0 Å². The SMILES string of the molecule is Cc1cccc(CSCC(=O)NNC(=O)c2ccc(S(C)(=O)=O)cc2)c1. The van der Waals surface area contributed by atoms with Crippen molar-refractivity contribution in [3.63, 3.8) is 0 Å². The summed E-state index contributed by atoms with van der Waals surface area (Å²) >= 11 is 1.45. The lowest BCUT2D eigenvalue weighted by Crippen LogP contribution is -2.42. The van der Waals surface area contributed by atoms with E-state index in [-0.39, 0.29) is 22.1 Å². The monoisotopic (exact) mass is 392 g/mol. The van der Waals surface area contributed by atoms with Crippen molar-refractivity contribution in [3.8, 4) is 0 Å². The molecule has 2 aromatic rings. The topological polar surface area (TPSA) is 92.3 Å². The number of thioether (sulfide) groups is 1. The average molecular weight is 393 g/mol. The van der Waals surface area contributed by atoms with Gasteiger partial charge in [-0.2, -0.15) is 0 Å². The summed E-state index contributed by atoms with van der Waals surface area (Å²) < 4.78 is 22.8. The van der Waals surface area contributed by atoms with E-state index in [1.54, 1.807) is 0 Å². The van der Waals surface area contributed by atoms with Gasteiger partial charge in [0, 0.05) is 17.6 Å². The molecule has 2 rings (SSSR count). The summed E-state index contributed by atoms with van der Waals surface area (Å²) in [5.41, 5.74) is 7.22. The summed E-state index contributed by atoms with van der Waals surface area (Å²) in [6, 6.07) is 13.5. The normalized spacial score (nSPS) is 11.0. The van der Waals surface area contributed by atoms with Gasteiger partial charge in [0.2, 0.25) is 5.91 Å². The van der Waals surface area contributed by atoms with Crippen LogP contribution in [0.4, 0.5) is 0 Å². The molecule has 0 unspecified atom stereocenters. The van der Waals surface area contributed by atoms with Crippen LogP contribution in [0.5, 0.6) is 0 Å². The second-order valence-electron chi connectivity index (χ2n) is 5.78. The molecular formula is C18H20N2O4S2. The maximum absolute atomic E-state index is 12.0. The Hall–Kier alpha value is -2.32. The highest BCUT2D eigenvalue weighted by atomic mass is 32.2. The van der Waals surface area contributed by atoms with Crippen molar-refractivity contribution in [1.29, 1.82) is 0 Å². The Labute approximate surface area is 157 Å². The smallest absolute Gasteiger partial charge is 0.269 e. The van der Waals surface area contributed by atoms with Crippen LogP contribution in [0.2, 0.25) is 0 Å². The molecule has 138 valence electrons. The van der Waals surface area contributed by atoms with E-state index in [9.17, 15) is 18.0 Å². The number of hydrazine groups is 1. The molecule has 0 aliphatic rings. The van der Waals surface area contributed by atoms with Gasteiger partial charge in [0.05, 0.1) is 10.6 Å². The van der Waals surface area contributed by atoms with E-state index in [2.05, 4.69) is 16.9 Å². The molecule has 0 saturated carbocycles. The second kappa shape index (κ2) is 8.86. The molecule has 0 saturated heterocycles.